The molecule has 1 aliphatic carbocycles. The number of benzene rings is 1. The molecule has 3 rings (SSSR count). The van der Waals surface area contributed by atoms with Gasteiger partial charge in [0.1, 0.15) is 11.3 Å². The lowest BCUT2D eigenvalue weighted by molar-refractivity contribution is -0.384. The Bertz CT molecular complexity index is 654. The van der Waals surface area contributed by atoms with Crippen molar-refractivity contribution in [1.82, 2.24) is 0 Å². The number of ketones is 1. The Labute approximate surface area is 140 Å². The minimum absolute atomic E-state index is 0.0260. The van der Waals surface area contributed by atoms with Crippen molar-refractivity contribution < 1.29 is 19.2 Å². The van der Waals surface area contributed by atoms with Crippen LogP contribution in [0, 0.1) is 10.1 Å². The van der Waals surface area contributed by atoms with E-state index in [9.17, 15) is 14.9 Å². The first kappa shape index (κ1) is 16.9. The Morgan fingerprint density at radius 2 is 2.33 bits per heavy atom. The number of anilines is 1. The normalized spacial score (nSPS) is 28.6. The van der Waals surface area contributed by atoms with Crippen LogP contribution in [-0.4, -0.2) is 41.7 Å². The number of hydrogen-bond acceptors (Lipinski definition) is 6. The van der Waals surface area contributed by atoms with Crippen molar-refractivity contribution in [3.05, 3.63) is 33.9 Å². The van der Waals surface area contributed by atoms with Crippen LogP contribution in [0.3, 0.4) is 0 Å². The van der Waals surface area contributed by atoms with Crippen molar-refractivity contribution in [1.29, 1.82) is 0 Å². The predicted octanol–water partition coefficient (Wildman–Crippen LogP) is 2.94. The van der Waals surface area contributed by atoms with Crippen LogP contribution < -0.4 is 5.32 Å². The summed E-state index contributed by atoms with van der Waals surface area (Å²) in [5, 5.41) is 14.6. The Hall–Kier alpha value is -1.99. The standard InChI is InChI=1S/C17H22N2O5/c1-3-23-16-10-15(17(16)7-4-8-24-17)18-13-6-5-12(11(2)20)9-14(13)19(21)22/h5-6,9,15-16,18H,3-4,7-8,10H2,1-2H3/t15-,16-,17-/m1/s1. The van der Waals surface area contributed by atoms with E-state index in [1.165, 1.54) is 13.0 Å². The molecule has 1 saturated heterocycles. The monoisotopic (exact) mass is 334 g/mol. The molecule has 24 heavy (non-hydrogen) atoms. The molecule has 0 bridgehead atoms. The number of hydrogen-bond donors (Lipinski definition) is 1. The first-order valence-electron chi connectivity index (χ1n) is 8.29. The average molecular weight is 334 g/mol. The maximum atomic E-state index is 11.5. The smallest absolute Gasteiger partial charge is 0.293 e. The highest BCUT2D eigenvalue weighted by Crippen LogP contribution is 2.47. The summed E-state index contributed by atoms with van der Waals surface area (Å²) in [5.41, 5.74) is 0.263. The fraction of sp³-hybridized carbons (Fsp3) is 0.588. The van der Waals surface area contributed by atoms with Gasteiger partial charge in [0.2, 0.25) is 0 Å². The summed E-state index contributed by atoms with van der Waals surface area (Å²) < 4.78 is 11.7. The molecule has 1 aromatic rings. The number of ether oxygens (including phenoxy) is 2. The number of nitrogens with zero attached hydrogens (tertiary/aromatic N) is 1. The van der Waals surface area contributed by atoms with Gasteiger partial charge in [-0.25, -0.2) is 0 Å². The first-order valence-corrected chi connectivity index (χ1v) is 8.29. The number of carbonyl (C=O) groups is 1. The van der Waals surface area contributed by atoms with Gasteiger partial charge < -0.3 is 14.8 Å². The number of nitrogens with one attached hydrogen (secondary N) is 1. The van der Waals surface area contributed by atoms with Gasteiger partial charge in [-0.3, -0.25) is 14.9 Å². The van der Waals surface area contributed by atoms with Gasteiger partial charge in [0.05, 0.1) is 17.1 Å². The maximum Gasteiger partial charge on any atom is 0.293 e. The zero-order valence-electron chi connectivity index (χ0n) is 13.9. The van der Waals surface area contributed by atoms with Crippen LogP contribution >= 0.6 is 0 Å². The molecule has 1 aromatic carbocycles. The predicted molar refractivity (Wildman–Crippen MR) is 88.5 cm³/mol. The summed E-state index contributed by atoms with van der Waals surface area (Å²) >= 11 is 0. The molecule has 2 aliphatic rings. The molecule has 130 valence electrons. The van der Waals surface area contributed by atoms with Gasteiger partial charge in [0.25, 0.3) is 5.69 Å². The van der Waals surface area contributed by atoms with Gasteiger partial charge in [-0.1, -0.05) is 0 Å². The molecule has 0 unspecified atom stereocenters. The van der Waals surface area contributed by atoms with Gasteiger partial charge in [0.15, 0.2) is 5.78 Å². The minimum atomic E-state index is -0.463. The summed E-state index contributed by atoms with van der Waals surface area (Å²) in [6.07, 6.45) is 2.62. The Kier molecular flexibility index (Phi) is 4.56. The van der Waals surface area contributed by atoms with Crippen molar-refractivity contribution in [2.45, 2.75) is 50.9 Å². The molecular formula is C17H22N2O5. The molecule has 0 radical (unpaired) electrons. The van der Waals surface area contributed by atoms with Gasteiger partial charge >= 0.3 is 0 Å². The van der Waals surface area contributed by atoms with E-state index in [2.05, 4.69) is 5.32 Å². The summed E-state index contributed by atoms with van der Waals surface area (Å²) in [7, 11) is 0. The van der Waals surface area contributed by atoms with Crippen molar-refractivity contribution in [2.75, 3.05) is 18.5 Å². The highest BCUT2D eigenvalue weighted by Gasteiger charge is 2.59. The second-order valence-electron chi connectivity index (χ2n) is 6.33. The third-order valence-electron chi connectivity index (χ3n) is 4.97. The van der Waals surface area contributed by atoms with Crippen LogP contribution in [0.5, 0.6) is 0 Å². The Balaban J connectivity index is 1.83. The third-order valence-corrected chi connectivity index (χ3v) is 4.97. The van der Waals surface area contributed by atoms with E-state index in [4.69, 9.17) is 9.47 Å². The quantitative estimate of drug-likeness (QED) is 0.489. The lowest BCUT2D eigenvalue weighted by atomic mass is 9.70. The highest BCUT2D eigenvalue weighted by atomic mass is 16.6. The molecule has 1 aliphatic heterocycles. The summed E-state index contributed by atoms with van der Waals surface area (Å²) in [6.45, 7) is 4.66. The van der Waals surface area contributed by atoms with E-state index in [1.54, 1.807) is 12.1 Å². The molecule has 1 spiro atoms. The van der Waals surface area contributed by atoms with Gasteiger partial charge in [0, 0.05) is 24.8 Å². The van der Waals surface area contributed by atoms with E-state index < -0.39 is 10.5 Å². The van der Waals surface area contributed by atoms with Gasteiger partial charge in [-0.2, -0.15) is 0 Å². The SMILES string of the molecule is CCO[C@@H]1C[C@@H](Nc2ccc(C(C)=O)cc2[N+](=O)[O-])[C@]12CCCO2. The molecule has 0 amide bonds. The van der Waals surface area contributed by atoms with Gasteiger partial charge in [-0.05, 0) is 45.2 Å². The summed E-state index contributed by atoms with van der Waals surface area (Å²) in [4.78, 5) is 22.4. The molecular weight excluding hydrogens is 312 g/mol. The van der Waals surface area contributed by atoms with Crippen molar-refractivity contribution in [2.24, 2.45) is 0 Å². The lowest BCUT2D eigenvalue weighted by Gasteiger charge is -2.52. The van der Waals surface area contributed by atoms with Gasteiger partial charge in [-0.15, -0.1) is 0 Å². The number of carbonyl (C=O) groups excluding carboxylic acids is 1. The van der Waals surface area contributed by atoms with Crippen LogP contribution in [0.25, 0.3) is 0 Å². The lowest BCUT2D eigenvalue weighted by Crippen LogP contribution is -2.66. The molecule has 3 atom stereocenters. The summed E-state index contributed by atoms with van der Waals surface area (Å²) in [5.74, 6) is -0.194. The topological polar surface area (TPSA) is 90.7 Å². The van der Waals surface area contributed by atoms with Crippen molar-refractivity contribution in [3.8, 4) is 0 Å². The number of rotatable bonds is 6. The second-order valence-corrected chi connectivity index (χ2v) is 6.33. The maximum absolute atomic E-state index is 11.5. The molecule has 2 fully saturated rings. The summed E-state index contributed by atoms with van der Waals surface area (Å²) in [6, 6.07) is 4.51. The van der Waals surface area contributed by atoms with Crippen LogP contribution in [0.15, 0.2) is 18.2 Å². The minimum Gasteiger partial charge on any atom is -0.375 e. The zero-order valence-corrected chi connectivity index (χ0v) is 13.9. The van der Waals surface area contributed by atoms with E-state index >= 15 is 0 Å². The molecule has 7 nitrogen and oxygen atoms in total. The molecule has 7 heteroatoms. The number of nitro benzene ring substituents is 1. The number of Topliss-reactive ketones (excluding diaryl/α,β-unsaturated/α-hetero) is 1. The fourth-order valence-corrected chi connectivity index (χ4v) is 3.69. The Morgan fingerprint density at radius 3 is 2.92 bits per heavy atom. The third kappa shape index (κ3) is 2.78. The van der Waals surface area contributed by atoms with Crippen LogP contribution in [0.2, 0.25) is 0 Å². The molecule has 1 heterocycles. The second kappa shape index (κ2) is 6.49. The Morgan fingerprint density at radius 1 is 1.54 bits per heavy atom. The van der Waals surface area contributed by atoms with Crippen LogP contribution in [0.1, 0.15) is 43.5 Å². The van der Waals surface area contributed by atoms with E-state index in [-0.39, 0.29) is 23.6 Å². The molecule has 1 N–H and O–H groups in total. The largest absolute Gasteiger partial charge is 0.375 e. The van der Waals surface area contributed by atoms with E-state index in [0.717, 1.165) is 19.3 Å². The first-order chi connectivity index (χ1) is 11.5. The highest BCUT2D eigenvalue weighted by molar-refractivity contribution is 5.95. The van der Waals surface area contributed by atoms with E-state index in [1.807, 2.05) is 6.92 Å². The van der Waals surface area contributed by atoms with Crippen LogP contribution in [0.4, 0.5) is 11.4 Å². The van der Waals surface area contributed by atoms with Crippen molar-refractivity contribution >= 4 is 17.2 Å². The van der Waals surface area contributed by atoms with Crippen molar-refractivity contribution in [3.63, 3.8) is 0 Å². The van der Waals surface area contributed by atoms with E-state index in [0.29, 0.717) is 24.5 Å². The zero-order chi connectivity index (χ0) is 17.3. The van der Waals surface area contributed by atoms with Crippen LogP contribution in [-0.2, 0) is 9.47 Å². The number of nitro groups is 1. The fourth-order valence-electron chi connectivity index (χ4n) is 3.69. The molecule has 0 aromatic heterocycles. The average Bonchev–Trinajstić information content (AvgIpc) is 3.06. The molecule has 1 saturated carbocycles.